The maximum atomic E-state index is 13.5. The van der Waals surface area contributed by atoms with E-state index in [9.17, 15) is 8.78 Å². The summed E-state index contributed by atoms with van der Waals surface area (Å²) in [4.78, 5) is 1.93. The van der Waals surface area contributed by atoms with Crippen molar-refractivity contribution in [2.45, 2.75) is 13.5 Å². The molecule has 21 heavy (non-hydrogen) atoms. The SMILES string of the molecule is CCN(Cc1cc(F)cc(B(O)O)c1)c1ccc(F)cc1. The van der Waals surface area contributed by atoms with Gasteiger partial charge in [0.05, 0.1) is 0 Å². The van der Waals surface area contributed by atoms with Gasteiger partial charge in [-0.1, -0.05) is 6.07 Å². The minimum atomic E-state index is -1.71. The second-order valence-electron chi connectivity index (χ2n) is 4.76. The van der Waals surface area contributed by atoms with Gasteiger partial charge in [0, 0.05) is 18.8 Å². The first-order valence-corrected chi connectivity index (χ1v) is 6.65. The third-order valence-corrected chi connectivity index (χ3v) is 3.22. The minimum absolute atomic E-state index is 0.111. The van der Waals surface area contributed by atoms with Crippen LogP contribution in [0.15, 0.2) is 42.5 Å². The fourth-order valence-electron chi connectivity index (χ4n) is 2.17. The zero-order chi connectivity index (χ0) is 15.4. The lowest BCUT2D eigenvalue weighted by molar-refractivity contribution is 0.425. The van der Waals surface area contributed by atoms with E-state index in [0.29, 0.717) is 18.7 Å². The number of nitrogens with zero attached hydrogens (tertiary/aromatic N) is 1. The summed E-state index contributed by atoms with van der Waals surface area (Å²) in [5.74, 6) is -0.836. The van der Waals surface area contributed by atoms with Crippen molar-refractivity contribution in [1.82, 2.24) is 0 Å². The van der Waals surface area contributed by atoms with Crippen molar-refractivity contribution in [3.63, 3.8) is 0 Å². The van der Waals surface area contributed by atoms with Crippen LogP contribution in [-0.4, -0.2) is 23.7 Å². The molecule has 0 bridgehead atoms. The molecule has 2 rings (SSSR count). The van der Waals surface area contributed by atoms with Gasteiger partial charge in [0.2, 0.25) is 0 Å². The van der Waals surface area contributed by atoms with Gasteiger partial charge >= 0.3 is 7.12 Å². The van der Waals surface area contributed by atoms with Crippen molar-refractivity contribution in [1.29, 1.82) is 0 Å². The molecule has 0 heterocycles. The normalized spacial score (nSPS) is 10.5. The molecule has 0 spiro atoms. The molecule has 0 aliphatic carbocycles. The van der Waals surface area contributed by atoms with Gasteiger partial charge in [0.25, 0.3) is 0 Å². The first-order chi connectivity index (χ1) is 9.99. The van der Waals surface area contributed by atoms with Gasteiger partial charge < -0.3 is 14.9 Å². The maximum absolute atomic E-state index is 13.5. The smallest absolute Gasteiger partial charge is 0.423 e. The Morgan fingerprint density at radius 3 is 2.24 bits per heavy atom. The van der Waals surface area contributed by atoms with Crippen LogP contribution in [0.1, 0.15) is 12.5 Å². The fraction of sp³-hybridized carbons (Fsp3) is 0.200. The lowest BCUT2D eigenvalue weighted by Crippen LogP contribution is -2.31. The molecule has 2 aromatic carbocycles. The summed E-state index contributed by atoms with van der Waals surface area (Å²) >= 11 is 0. The molecule has 6 heteroatoms. The molecule has 2 N–H and O–H groups in total. The van der Waals surface area contributed by atoms with Gasteiger partial charge in [-0.15, -0.1) is 0 Å². The van der Waals surface area contributed by atoms with Gasteiger partial charge in [-0.2, -0.15) is 0 Å². The Bertz CT molecular complexity index is 605. The second-order valence-corrected chi connectivity index (χ2v) is 4.76. The lowest BCUT2D eigenvalue weighted by atomic mass is 9.79. The van der Waals surface area contributed by atoms with E-state index in [1.54, 1.807) is 18.2 Å². The second kappa shape index (κ2) is 6.69. The number of hydrogen-bond donors (Lipinski definition) is 2. The van der Waals surface area contributed by atoms with Crippen LogP contribution in [0.25, 0.3) is 0 Å². The van der Waals surface area contributed by atoms with Crippen LogP contribution in [-0.2, 0) is 6.54 Å². The fourth-order valence-corrected chi connectivity index (χ4v) is 2.17. The quantitative estimate of drug-likeness (QED) is 0.824. The number of rotatable bonds is 5. The van der Waals surface area contributed by atoms with E-state index >= 15 is 0 Å². The minimum Gasteiger partial charge on any atom is -0.423 e. The highest BCUT2D eigenvalue weighted by molar-refractivity contribution is 6.58. The molecule has 0 amide bonds. The molecule has 0 unspecified atom stereocenters. The van der Waals surface area contributed by atoms with Crippen LogP contribution in [0.2, 0.25) is 0 Å². The van der Waals surface area contributed by atoms with E-state index in [4.69, 9.17) is 10.0 Å². The van der Waals surface area contributed by atoms with Crippen LogP contribution in [0.5, 0.6) is 0 Å². The van der Waals surface area contributed by atoms with Crippen LogP contribution in [0.4, 0.5) is 14.5 Å². The van der Waals surface area contributed by atoms with E-state index in [-0.39, 0.29) is 11.3 Å². The zero-order valence-corrected chi connectivity index (χ0v) is 11.6. The summed E-state index contributed by atoms with van der Waals surface area (Å²) in [5, 5.41) is 18.3. The predicted molar refractivity (Wildman–Crippen MR) is 79.3 cm³/mol. The van der Waals surface area contributed by atoms with Crippen molar-refractivity contribution >= 4 is 18.3 Å². The van der Waals surface area contributed by atoms with E-state index in [0.717, 1.165) is 11.8 Å². The van der Waals surface area contributed by atoms with E-state index in [2.05, 4.69) is 0 Å². The molecule has 2 aromatic rings. The predicted octanol–water partition coefficient (Wildman–Crippen LogP) is 1.67. The Kier molecular flexibility index (Phi) is 4.93. The molecule has 0 atom stereocenters. The molecule has 0 aromatic heterocycles. The lowest BCUT2D eigenvalue weighted by Gasteiger charge is -2.23. The molecule has 0 saturated heterocycles. The first-order valence-electron chi connectivity index (χ1n) is 6.65. The number of anilines is 1. The standard InChI is InChI=1S/C15H16BF2NO2/c1-2-19(15-5-3-13(17)4-6-15)10-11-7-12(16(20)21)9-14(18)8-11/h3-9,20-21H,2,10H2,1H3. The van der Waals surface area contributed by atoms with Gasteiger partial charge in [-0.3, -0.25) is 0 Å². The van der Waals surface area contributed by atoms with Crippen LogP contribution in [0.3, 0.4) is 0 Å². The topological polar surface area (TPSA) is 43.7 Å². The Balaban J connectivity index is 2.24. The Labute approximate surface area is 122 Å². The van der Waals surface area contributed by atoms with Crippen LogP contribution in [0, 0.1) is 11.6 Å². The van der Waals surface area contributed by atoms with Gasteiger partial charge in [-0.05, 0) is 54.3 Å². The molecular formula is C15H16BF2NO2. The van der Waals surface area contributed by atoms with Crippen molar-refractivity contribution in [2.75, 3.05) is 11.4 Å². The zero-order valence-electron chi connectivity index (χ0n) is 11.6. The third-order valence-electron chi connectivity index (χ3n) is 3.22. The summed E-state index contributed by atoms with van der Waals surface area (Å²) in [5.41, 5.74) is 1.54. The first kappa shape index (κ1) is 15.5. The van der Waals surface area contributed by atoms with Crippen molar-refractivity contribution in [2.24, 2.45) is 0 Å². The highest BCUT2D eigenvalue weighted by Gasteiger charge is 2.14. The number of hydrogen-bond acceptors (Lipinski definition) is 3. The highest BCUT2D eigenvalue weighted by Crippen LogP contribution is 2.17. The molecule has 0 fully saturated rings. The average molecular weight is 291 g/mol. The molecule has 0 aliphatic rings. The molecular weight excluding hydrogens is 275 g/mol. The van der Waals surface area contributed by atoms with Crippen molar-refractivity contribution in [3.8, 4) is 0 Å². The number of halogens is 2. The molecule has 0 aliphatic heterocycles. The maximum Gasteiger partial charge on any atom is 0.488 e. The molecule has 0 radical (unpaired) electrons. The monoisotopic (exact) mass is 291 g/mol. The van der Waals surface area contributed by atoms with Crippen molar-refractivity contribution < 1.29 is 18.8 Å². The Hall–Kier alpha value is -1.92. The Morgan fingerprint density at radius 1 is 1.00 bits per heavy atom. The summed E-state index contributed by atoms with van der Waals surface area (Å²) in [7, 11) is -1.71. The van der Waals surface area contributed by atoms with Crippen LogP contribution < -0.4 is 10.4 Å². The summed E-state index contributed by atoms with van der Waals surface area (Å²) in [6.07, 6.45) is 0. The van der Waals surface area contributed by atoms with E-state index < -0.39 is 12.9 Å². The highest BCUT2D eigenvalue weighted by atomic mass is 19.1. The van der Waals surface area contributed by atoms with Gasteiger partial charge in [0.1, 0.15) is 11.6 Å². The third kappa shape index (κ3) is 4.03. The van der Waals surface area contributed by atoms with Crippen molar-refractivity contribution in [3.05, 3.63) is 59.7 Å². The molecule has 0 saturated carbocycles. The molecule has 110 valence electrons. The summed E-state index contributed by atoms with van der Waals surface area (Å²) in [6, 6.07) is 10.0. The van der Waals surface area contributed by atoms with Crippen LogP contribution >= 0.6 is 0 Å². The van der Waals surface area contributed by atoms with Gasteiger partial charge in [-0.25, -0.2) is 8.78 Å². The van der Waals surface area contributed by atoms with Gasteiger partial charge in [0.15, 0.2) is 0 Å². The summed E-state index contributed by atoms with van der Waals surface area (Å²) < 4.78 is 26.5. The van der Waals surface area contributed by atoms with E-state index in [1.165, 1.54) is 18.2 Å². The average Bonchev–Trinajstić information content (AvgIpc) is 2.45. The Morgan fingerprint density at radius 2 is 1.67 bits per heavy atom. The largest absolute Gasteiger partial charge is 0.488 e. The van der Waals surface area contributed by atoms with E-state index in [1.807, 2.05) is 11.8 Å². The molecule has 3 nitrogen and oxygen atoms in total. The summed E-state index contributed by atoms with van der Waals surface area (Å²) in [6.45, 7) is 2.98. The number of benzene rings is 2.